The van der Waals surface area contributed by atoms with Crippen molar-refractivity contribution < 1.29 is 0 Å². The minimum atomic E-state index is 0.559. The highest BCUT2D eigenvalue weighted by molar-refractivity contribution is 8.16. The Morgan fingerprint density at radius 3 is 2.85 bits per heavy atom. The van der Waals surface area contributed by atoms with Crippen LogP contribution in [0, 0.1) is 12.3 Å². The molecule has 0 bridgehead atoms. The summed E-state index contributed by atoms with van der Waals surface area (Å²) >= 11 is 1.46. The molecule has 0 aromatic carbocycles. The molecule has 0 radical (unpaired) electrons. The van der Waals surface area contributed by atoms with E-state index < -0.39 is 0 Å². The maximum absolute atomic E-state index is 8.11. The van der Waals surface area contributed by atoms with Gasteiger partial charge in [-0.2, -0.15) is 0 Å². The van der Waals surface area contributed by atoms with Crippen molar-refractivity contribution in [2.24, 2.45) is 0 Å². The van der Waals surface area contributed by atoms with Crippen LogP contribution in [0.5, 0.6) is 0 Å². The predicted octanol–water partition coefficient (Wildman–Crippen LogP) is 4.18. The van der Waals surface area contributed by atoms with Gasteiger partial charge in [0.2, 0.25) is 0 Å². The molecule has 1 aliphatic rings. The van der Waals surface area contributed by atoms with Crippen molar-refractivity contribution >= 4 is 16.8 Å². The number of nitrogens with zero attached hydrogens (tertiary/aromatic N) is 2. The topological polar surface area (TPSA) is 40.0 Å². The molecule has 1 N–H and O–H groups in total. The molecule has 0 spiro atoms. The van der Waals surface area contributed by atoms with E-state index in [9.17, 15) is 0 Å². The normalized spacial score (nSPS) is 16.5. The zero-order valence-corrected chi connectivity index (χ0v) is 13.1. The Kier molecular flexibility index (Phi) is 5.65. The predicted molar refractivity (Wildman–Crippen MR) is 87.2 cm³/mol. The van der Waals surface area contributed by atoms with E-state index in [1.165, 1.54) is 43.9 Å². The third-order valence-corrected chi connectivity index (χ3v) is 4.63. The van der Waals surface area contributed by atoms with Crippen LogP contribution in [0.2, 0.25) is 0 Å². The van der Waals surface area contributed by atoms with Crippen molar-refractivity contribution in [3.05, 3.63) is 41.2 Å². The van der Waals surface area contributed by atoms with Crippen molar-refractivity contribution in [1.82, 2.24) is 9.88 Å². The number of aromatic nitrogens is 1. The quantitative estimate of drug-likeness (QED) is 0.667. The Bertz CT molecular complexity index is 478. The summed E-state index contributed by atoms with van der Waals surface area (Å²) in [6.45, 7) is 2.02. The van der Waals surface area contributed by atoms with E-state index in [-0.39, 0.29) is 0 Å². The molecule has 0 amide bonds. The number of hydrogen-bond acceptors (Lipinski definition) is 4. The fourth-order valence-electron chi connectivity index (χ4n) is 2.57. The molecule has 0 aliphatic heterocycles. The maximum Gasteiger partial charge on any atom is 0.100 e. The molecular weight excluding hydrogens is 266 g/mol. The summed E-state index contributed by atoms with van der Waals surface area (Å²) in [6.07, 6.45) is 12.3. The lowest BCUT2D eigenvalue weighted by Crippen LogP contribution is -2.28. The number of rotatable bonds is 4. The molecule has 108 valence electrons. The molecule has 0 saturated heterocycles. The van der Waals surface area contributed by atoms with Crippen LogP contribution in [0.25, 0.3) is 0 Å². The lowest BCUT2D eigenvalue weighted by atomic mass is 9.95. The van der Waals surface area contributed by atoms with Gasteiger partial charge in [0.15, 0.2) is 0 Å². The molecule has 3 nitrogen and oxygen atoms in total. The second-order valence-corrected chi connectivity index (χ2v) is 6.30. The monoisotopic (exact) mass is 289 g/mol. The van der Waals surface area contributed by atoms with Crippen LogP contribution in [-0.4, -0.2) is 28.0 Å². The molecule has 1 heterocycles. The minimum absolute atomic E-state index is 0.559. The SMILES string of the molecule is Cc1ccncc1C(=N)S/C=C/N(C)C1CCCCC1. The van der Waals surface area contributed by atoms with Crippen molar-refractivity contribution in [3.63, 3.8) is 0 Å². The van der Waals surface area contributed by atoms with E-state index in [1.807, 2.05) is 18.4 Å². The van der Waals surface area contributed by atoms with Gasteiger partial charge >= 0.3 is 0 Å². The van der Waals surface area contributed by atoms with Crippen molar-refractivity contribution in [2.75, 3.05) is 7.05 Å². The average molecular weight is 289 g/mol. The van der Waals surface area contributed by atoms with Gasteiger partial charge in [0.25, 0.3) is 0 Å². The highest BCUT2D eigenvalue weighted by atomic mass is 32.2. The number of hydrogen-bond donors (Lipinski definition) is 1. The van der Waals surface area contributed by atoms with Gasteiger partial charge in [0.05, 0.1) is 0 Å². The summed E-state index contributed by atoms with van der Waals surface area (Å²) in [5.74, 6) is 0. The van der Waals surface area contributed by atoms with E-state index in [2.05, 4.69) is 23.1 Å². The van der Waals surface area contributed by atoms with Crippen LogP contribution in [0.4, 0.5) is 0 Å². The molecule has 1 aliphatic carbocycles. The molecule has 0 unspecified atom stereocenters. The summed E-state index contributed by atoms with van der Waals surface area (Å²) in [5, 5.41) is 10.7. The Hall–Kier alpha value is -1.29. The first-order valence-corrected chi connectivity index (χ1v) is 8.11. The fraction of sp³-hybridized carbons (Fsp3) is 0.500. The van der Waals surface area contributed by atoms with Gasteiger partial charge in [-0.25, -0.2) is 0 Å². The van der Waals surface area contributed by atoms with E-state index in [4.69, 9.17) is 5.41 Å². The van der Waals surface area contributed by atoms with Crippen LogP contribution in [-0.2, 0) is 0 Å². The number of pyridine rings is 1. The fourth-order valence-corrected chi connectivity index (χ4v) is 3.30. The lowest BCUT2D eigenvalue weighted by Gasteiger charge is -2.30. The molecule has 1 fully saturated rings. The van der Waals surface area contributed by atoms with Crippen LogP contribution < -0.4 is 0 Å². The first-order valence-electron chi connectivity index (χ1n) is 7.23. The summed E-state index contributed by atoms with van der Waals surface area (Å²) < 4.78 is 0. The van der Waals surface area contributed by atoms with Crippen molar-refractivity contribution in [3.8, 4) is 0 Å². The second kappa shape index (κ2) is 7.48. The Balaban J connectivity index is 1.86. The van der Waals surface area contributed by atoms with E-state index in [0.717, 1.165) is 11.1 Å². The van der Waals surface area contributed by atoms with Gasteiger partial charge in [0, 0.05) is 37.2 Å². The van der Waals surface area contributed by atoms with Gasteiger partial charge in [0.1, 0.15) is 5.04 Å². The van der Waals surface area contributed by atoms with E-state index in [0.29, 0.717) is 11.1 Å². The van der Waals surface area contributed by atoms with Gasteiger partial charge in [-0.1, -0.05) is 31.0 Å². The third-order valence-electron chi connectivity index (χ3n) is 3.92. The number of aryl methyl sites for hydroxylation is 1. The van der Waals surface area contributed by atoms with Crippen LogP contribution >= 0.6 is 11.8 Å². The standard InChI is InChI=1S/C16H23N3S/c1-13-8-9-18-12-15(13)16(17)20-11-10-19(2)14-6-4-3-5-7-14/h8-12,14,17H,3-7H2,1-2H3/b11-10+,17-16?. The first-order chi connectivity index (χ1) is 9.68. The Labute approximate surface area is 126 Å². The van der Waals surface area contributed by atoms with Gasteiger partial charge in [-0.3, -0.25) is 10.4 Å². The molecule has 1 aromatic rings. The van der Waals surface area contributed by atoms with Gasteiger partial charge in [-0.15, -0.1) is 0 Å². The van der Waals surface area contributed by atoms with Crippen LogP contribution in [0.3, 0.4) is 0 Å². The van der Waals surface area contributed by atoms with Crippen LogP contribution in [0.15, 0.2) is 30.1 Å². The zero-order valence-electron chi connectivity index (χ0n) is 12.3. The molecule has 2 rings (SSSR count). The van der Waals surface area contributed by atoms with E-state index >= 15 is 0 Å². The highest BCUT2D eigenvalue weighted by Gasteiger charge is 2.15. The first kappa shape index (κ1) is 15.1. The van der Waals surface area contributed by atoms with E-state index in [1.54, 1.807) is 12.4 Å². The van der Waals surface area contributed by atoms with Gasteiger partial charge < -0.3 is 4.90 Å². The zero-order chi connectivity index (χ0) is 14.4. The van der Waals surface area contributed by atoms with Crippen molar-refractivity contribution in [1.29, 1.82) is 5.41 Å². The van der Waals surface area contributed by atoms with Crippen molar-refractivity contribution in [2.45, 2.75) is 45.1 Å². The molecular formula is C16H23N3S. The summed E-state index contributed by atoms with van der Waals surface area (Å²) in [7, 11) is 2.14. The smallest absolute Gasteiger partial charge is 0.100 e. The van der Waals surface area contributed by atoms with Crippen LogP contribution in [0.1, 0.15) is 43.2 Å². The Morgan fingerprint density at radius 1 is 1.40 bits per heavy atom. The molecule has 4 heteroatoms. The average Bonchev–Trinajstić information content (AvgIpc) is 2.48. The lowest BCUT2D eigenvalue weighted by molar-refractivity contribution is 0.254. The molecule has 1 aromatic heterocycles. The number of thioether (sulfide) groups is 1. The molecule has 1 saturated carbocycles. The minimum Gasteiger partial charge on any atom is -0.377 e. The summed E-state index contributed by atoms with van der Waals surface area (Å²) in [6, 6.07) is 2.62. The third kappa shape index (κ3) is 4.10. The molecule has 0 atom stereocenters. The largest absolute Gasteiger partial charge is 0.377 e. The summed E-state index contributed by atoms with van der Waals surface area (Å²) in [5.41, 5.74) is 2.02. The van der Waals surface area contributed by atoms with Gasteiger partial charge in [-0.05, 0) is 36.8 Å². The number of nitrogens with one attached hydrogen (secondary N) is 1. The molecule has 20 heavy (non-hydrogen) atoms. The maximum atomic E-state index is 8.11. The highest BCUT2D eigenvalue weighted by Crippen LogP contribution is 2.22. The second-order valence-electron chi connectivity index (χ2n) is 5.38. The Morgan fingerprint density at radius 2 is 2.15 bits per heavy atom. The summed E-state index contributed by atoms with van der Waals surface area (Å²) in [4.78, 5) is 6.40.